The predicted molar refractivity (Wildman–Crippen MR) is 81.9 cm³/mol. The highest BCUT2D eigenvalue weighted by atomic mass is 16.4. The minimum absolute atomic E-state index is 0.418. The molecule has 0 aromatic carbocycles. The van der Waals surface area contributed by atoms with Crippen LogP contribution >= 0.6 is 0 Å². The summed E-state index contributed by atoms with van der Waals surface area (Å²) < 4.78 is 2.04. The molecule has 0 saturated carbocycles. The predicted octanol–water partition coefficient (Wildman–Crippen LogP) is 1.35. The normalized spacial score (nSPS) is 14.2. The number of pyridine rings is 1. The maximum absolute atomic E-state index is 11.4. The molecule has 0 amide bonds. The molecule has 1 aliphatic heterocycles. The van der Waals surface area contributed by atoms with Crippen LogP contribution in [-0.4, -0.2) is 32.2 Å². The van der Waals surface area contributed by atoms with Gasteiger partial charge >= 0.3 is 5.97 Å². The molecule has 0 radical (unpaired) electrons. The Morgan fingerprint density at radius 1 is 1.45 bits per heavy atom. The van der Waals surface area contributed by atoms with Gasteiger partial charge in [-0.05, 0) is 43.9 Å². The lowest BCUT2D eigenvalue weighted by Gasteiger charge is -2.19. The third-order valence-electron chi connectivity index (χ3n) is 4.28. The van der Waals surface area contributed by atoms with Crippen LogP contribution in [-0.2, 0) is 24.1 Å². The molecular weight excluding hydrogens is 280 g/mol. The zero-order valence-electron chi connectivity index (χ0n) is 12.4. The van der Waals surface area contributed by atoms with Crippen LogP contribution in [0.2, 0.25) is 0 Å². The summed E-state index contributed by atoms with van der Waals surface area (Å²) >= 11 is 0. The van der Waals surface area contributed by atoms with E-state index < -0.39 is 11.9 Å². The molecule has 0 bridgehead atoms. The van der Waals surface area contributed by atoms with Crippen molar-refractivity contribution in [3.05, 3.63) is 41.7 Å². The van der Waals surface area contributed by atoms with E-state index in [1.165, 1.54) is 5.56 Å². The Kier molecular flexibility index (Phi) is 4.20. The summed E-state index contributed by atoms with van der Waals surface area (Å²) in [7, 11) is 0. The van der Waals surface area contributed by atoms with Crippen molar-refractivity contribution in [1.29, 1.82) is 0 Å². The number of aliphatic carboxylic acids is 1. The van der Waals surface area contributed by atoms with Gasteiger partial charge in [-0.1, -0.05) is 0 Å². The highest BCUT2D eigenvalue weighted by Crippen LogP contribution is 2.27. The molecule has 1 atom stereocenters. The van der Waals surface area contributed by atoms with E-state index in [1.807, 2.05) is 16.8 Å². The van der Waals surface area contributed by atoms with Crippen molar-refractivity contribution in [1.82, 2.24) is 14.5 Å². The van der Waals surface area contributed by atoms with Crippen LogP contribution in [0.5, 0.6) is 0 Å². The van der Waals surface area contributed by atoms with E-state index in [9.17, 15) is 9.90 Å². The van der Waals surface area contributed by atoms with E-state index in [-0.39, 0.29) is 0 Å². The lowest BCUT2D eigenvalue weighted by Crippen LogP contribution is -2.20. The number of aryl methyl sites for hydroxylation is 1. The number of nitrogens with two attached hydrogens (primary N) is 1. The maximum atomic E-state index is 11.4. The first-order valence-corrected chi connectivity index (χ1v) is 7.62. The second-order valence-corrected chi connectivity index (χ2v) is 5.68. The number of carboxylic acids is 1. The number of imidazole rings is 1. The molecular formula is C16H20N4O2. The molecule has 6 heteroatoms. The van der Waals surface area contributed by atoms with Crippen LogP contribution in [0, 0.1) is 5.92 Å². The molecule has 0 aliphatic carbocycles. The van der Waals surface area contributed by atoms with Crippen LogP contribution in [0.4, 0.5) is 0 Å². The first kappa shape index (κ1) is 14.7. The summed E-state index contributed by atoms with van der Waals surface area (Å²) in [4.78, 5) is 20.1. The van der Waals surface area contributed by atoms with Gasteiger partial charge in [0.15, 0.2) is 0 Å². The monoisotopic (exact) mass is 300 g/mol. The van der Waals surface area contributed by atoms with Crippen LogP contribution in [0.25, 0.3) is 5.69 Å². The van der Waals surface area contributed by atoms with Crippen molar-refractivity contribution in [3.63, 3.8) is 0 Å². The molecule has 2 aromatic rings. The Bertz CT molecular complexity index is 681. The fourth-order valence-electron chi connectivity index (χ4n) is 3.06. The van der Waals surface area contributed by atoms with E-state index >= 15 is 0 Å². The number of hydrogen-bond acceptors (Lipinski definition) is 4. The second-order valence-electron chi connectivity index (χ2n) is 5.68. The molecule has 116 valence electrons. The Balaban J connectivity index is 1.86. The number of fused-ring (bicyclic) bond motifs is 3. The first-order valence-electron chi connectivity index (χ1n) is 7.62. The topological polar surface area (TPSA) is 94.0 Å². The van der Waals surface area contributed by atoms with Gasteiger partial charge in [0, 0.05) is 18.3 Å². The standard InChI is InChI=1S/C16H20N4O2/c17-6-1-2-12(16(21)22)8-13-14-4-3-11-5-7-18-9-15(11)20(14)10-19-13/h5,7,9-10,12H,1-4,6,8,17H2,(H,21,22). The number of carboxylic acid groups (broad SMARTS) is 1. The van der Waals surface area contributed by atoms with E-state index in [0.717, 1.165) is 36.3 Å². The lowest BCUT2D eigenvalue weighted by molar-refractivity contribution is -0.142. The first-order chi connectivity index (χ1) is 10.7. The Morgan fingerprint density at radius 3 is 3.09 bits per heavy atom. The van der Waals surface area contributed by atoms with Crippen molar-refractivity contribution in [2.24, 2.45) is 11.7 Å². The van der Waals surface area contributed by atoms with Gasteiger partial charge in [0.1, 0.15) is 0 Å². The van der Waals surface area contributed by atoms with Gasteiger partial charge in [0.05, 0.1) is 29.8 Å². The summed E-state index contributed by atoms with van der Waals surface area (Å²) in [6.45, 7) is 0.518. The van der Waals surface area contributed by atoms with Gasteiger partial charge < -0.3 is 15.4 Å². The molecule has 1 unspecified atom stereocenters. The number of hydrogen-bond donors (Lipinski definition) is 2. The Labute approximate surface area is 129 Å². The van der Waals surface area contributed by atoms with E-state index in [0.29, 0.717) is 19.4 Å². The molecule has 1 aliphatic rings. The number of rotatable bonds is 6. The number of nitrogens with zero attached hydrogens (tertiary/aromatic N) is 3. The summed E-state index contributed by atoms with van der Waals surface area (Å²) in [6.07, 6.45) is 9.03. The molecule has 0 fully saturated rings. The molecule has 3 N–H and O–H groups in total. The van der Waals surface area contributed by atoms with Crippen molar-refractivity contribution < 1.29 is 9.90 Å². The molecule has 22 heavy (non-hydrogen) atoms. The van der Waals surface area contributed by atoms with Crippen molar-refractivity contribution >= 4 is 5.97 Å². The molecule has 0 spiro atoms. The fourth-order valence-corrected chi connectivity index (χ4v) is 3.06. The van der Waals surface area contributed by atoms with Gasteiger partial charge in [-0.2, -0.15) is 0 Å². The molecule has 2 aromatic heterocycles. The van der Waals surface area contributed by atoms with E-state index in [1.54, 1.807) is 12.5 Å². The molecule has 0 saturated heterocycles. The van der Waals surface area contributed by atoms with Crippen molar-refractivity contribution in [2.75, 3.05) is 6.54 Å². The summed E-state index contributed by atoms with van der Waals surface area (Å²) in [5.74, 6) is -1.19. The largest absolute Gasteiger partial charge is 0.481 e. The van der Waals surface area contributed by atoms with Gasteiger partial charge in [0.25, 0.3) is 0 Å². The minimum Gasteiger partial charge on any atom is -0.481 e. The molecule has 3 rings (SSSR count). The quantitative estimate of drug-likeness (QED) is 0.839. The third kappa shape index (κ3) is 2.74. The van der Waals surface area contributed by atoms with Crippen LogP contribution in [0.3, 0.4) is 0 Å². The summed E-state index contributed by atoms with van der Waals surface area (Å²) in [5.41, 5.74) is 9.80. The highest BCUT2D eigenvalue weighted by Gasteiger charge is 2.24. The van der Waals surface area contributed by atoms with Crippen LogP contribution in [0.1, 0.15) is 29.8 Å². The highest BCUT2D eigenvalue weighted by molar-refractivity contribution is 5.70. The molecule has 3 heterocycles. The van der Waals surface area contributed by atoms with E-state index in [4.69, 9.17) is 5.73 Å². The maximum Gasteiger partial charge on any atom is 0.306 e. The Hall–Kier alpha value is -2.21. The molecule has 6 nitrogen and oxygen atoms in total. The third-order valence-corrected chi connectivity index (χ3v) is 4.28. The van der Waals surface area contributed by atoms with Crippen LogP contribution < -0.4 is 5.73 Å². The van der Waals surface area contributed by atoms with Crippen molar-refractivity contribution in [2.45, 2.75) is 32.1 Å². The van der Waals surface area contributed by atoms with Crippen LogP contribution in [0.15, 0.2) is 24.8 Å². The average Bonchev–Trinajstić information content (AvgIpc) is 2.94. The van der Waals surface area contributed by atoms with Gasteiger partial charge in [-0.15, -0.1) is 0 Å². The number of carbonyl (C=O) groups is 1. The summed E-state index contributed by atoms with van der Waals surface area (Å²) in [5, 5.41) is 9.38. The number of aromatic nitrogens is 3. The minimum atomic E-state index is -0.770. The smallest absolute Gasteiger partial charge is 0.306 e. The second kappa shape index (κ2) is 6.27. The zero-order chi connectivity index (χ0) is 15.5. The van der Waals surface area contributed by atoms with Crippen molar-refractivity contribution in [3.8, 4) is 5.69 Å². The van der Waals surface area contributed by atoms with Gasteiger partial charge in [-0.3, -0.25) is 9.78 Å². The summed E-state index contributed by atoms with van der Waals surface area (Å²) in [6, 6.07) is 2.03. The SMILES string of the molecule is NCCCC(Cc1ncn2c1CCc1ccncc1-2)C(=O)O. The fraction of sp³-hybridized carbons (Fsp3) is 0.438. The Morgan fingerprint density at radius 2 is 2.32 bits per heavy atom. The lowest BCUT2D eigenvalue weighted by atomic mass is 9.94. The van der Waals surface area contributed by atoms with E-state index in [2.05, 4.69) is 9.97 Å². The van der Waals surface area contributed by atoms with Gasteiger partial charge in [0.2, 0.25) is 0 Å². The average molecular weight is 300 g/mol. The van der Waals surface area contributed by atoms with Gasteiger partial charge in [-0.25, -0.2) is 4.98 Å². The zero-order valence-corrected chi connectivity index (χ0v) is 12.4.